The minimum absolute atomic E-state index is 0.516. The van der Waals surface area contributed by atoms with Gasteiger partial charge in [-0.15, -0.1) is 6.58 Å². The lowest BCUT2D eigenvalue weighted by Gasteiger charge is -2.22. The highest BCUT2D eigenvalue weighted by molar-refractivity contribution is 6.30. The molecule has 0 atom stereocenters. The van der Waals surface area contributed by atoms with Gasteiger partial charge < -0.3 is 0 Å². The van der Waals surface area contributed by atoms with Gasteiger partial charge in [-0.05, 0) is 55.9 Å². The lowest BCUT2D eigenvalue weighted by Crippen LogP contribution is -2.11. The normalized spacial score (nSPS) is 20.4. The number of hydrogen-bond acceptors (Lipinski definition) is 1. The van der Waals surface area contributed by atoms with Crippen molar-refractivity contribution in [1.82, 2.24) is 4.98 Å². The van der Waals surface area contributed by atoms with Crippen LogP contribution in [0.15, 0.2) is 55.3 Å². The molecule has 3 rings (SSSR count). The quantitative estimate of drug-likeness (QED) is 0.507. The van der Waals surface area contributed by atoms with Crippen LogP contribution in [0.2, 0.25) is 5.02 Å². The first kappa shape index (κ1) is 15.8. The maximum Gasteiger partial charge on any atom is 0.0702 e. The number of halogens is 1. The molecule has 1 aromatic carbocycles. The van der Waals surface area contributed by atoms with Crippen molar-refractivity contribution < 1.29 is 0 Å². The molecule has 1 aliphatic rings. The van der Waals surface area contributed by atoms with Crippen molar-refractivity contribution >= 4 is 11.6 Å². The predicted molar refractivity (Wildman–Crippen MR) is 97.2 cm³/mol. The summed E-state index contributed by atoms with van der Waals surface area (Å²) in [7, 11) is 0. The van der Waals surface area contributed by atoms with E-state index in [1.807, 2.05) is 42.6 Å². The Balaban J connectivity index is 1.65. The number of allylic oxidation sites excluding steroid dienone is 1. The van der Waals surface area contributed by atoms with Crippen molar-refractivity contribution in [2.24, 2.45) is 11.8 Å². The molecule has 0 amide bonds. The van der Waals surface area contributed by atoms with Crippen molar-refractivity contribution in [3.05, 3.63) is 65.8 Å². The van der Waals surface area contributed by atoms with Crippen molar-refractivity contribution in [3.63, 3.8) is 0 Å². The summed E-state index contributed by atoms with van der Waals surface area (Å²) in [4.78, 5) is 4.51. The van der Waals surface area contributed by atoms with Crippen LogP contribution >= 0.6 is 11.6 Å². The first-order valence-corrected chi connectivity index (χ1v) is 8.48. The fourth-order valence-electron chi connectivity index (χ4n) is 2.94. The molecule has 0 spiro atoms. The van der Waals surface area contributed by atoms with Crippen molar-refractivity contribution in [1.29, 1.82) is 0 Å². The highest BCUT2D eigenvalue weighted by Gasteiger charge is 2.17. The summed E-state index contributed by atoms with van der Waals surface area (Å²) < 4.78 is 0. The summed E-state index contributed by atoms with van der Waals surface area (Å²) in [5.74, 6) is 7.89. The Kier molecular flexibility index (Phi) is 5.16. The smallest absolute Gasteiger partial charge is 0.0702 e. The van der Waals surface area contributed by atoms with Crippen LogP contribution in [0.4, 0.5) is 0 Å². The molecule has 0 saturated heterocycles. The van der Waals surface area contributed by atoms with Crippen LogP contribution in [0.25, 0.3) is 11.3 Å². The monoisotopic (exact) mass is 321 g/mol. The zero-order valence-electron chi connectivity index (χ0n) is 13.1. The number of rotatable bonds is 2. The summed E-state index contributed by atoms with van der Waals surface area (Å²) in [6.07, 6.45) is 8.74. The van der Waals surface area contributed by atoms with Gasteiger partial charge in [0.05, 0.1) is 5.69 Å². The topological polar surface area (TPSA) is 12.9 Å². The van der Waals surface area contributed by atoms with Crippen LogP contribution in [-0.2, 0) is 0 Å². The standard InChI is InChI=1S/C21H20ClN/c1-2-16-3-5-17(6-4-16)7-8-18-9-14-21(23-15-18)19-10-12-20(22)13-11-19/h2,9-17H,1,3-6H2/t16-,17-. The van der Waals surface area contributed by atoms with Gasteiger partial charge in [-0.1, -0.05) is 41.7 Å². The largest absolute Gasteiger partial charge is 0.255 e. The molecular weight excluding hydrogens is 302 g/mol. The number of hydrogen-bond donors (Lipinski definition) is 0. The summed E-state index contributed by atoms with van der Waals surface area (Å²) >= 11 is 5.91. The SMILES string of the molecule is C=C[C@H]1CC[C@H](C#Cc2ccc(-c3ccc(Cl)cc3)nc2)CC1. The second kappa shape index (κ2) is 7.49. The molecule has 0 unspecified atom stereocenters. The van der Waals surface area contributed by atoms with Gasteiger partial charge in [0.25, 0.3) is 0 Å². The Morgan fingerprint density at radius 2 is 1.78 bits per heavy atom. The fourth-order valence-corrected chi connectivity index (χ4v) is 3.07. The molecular formula is C21H20ClN. The Morgan fingerprint density at radius 3 is 2.39 bits per heavy atom. The van der Waals surface area contributed by atoms with Gasteiger partial charge in [-0.25, -0.2) is 0 Å². The third-order valence-corrected chi connectivity index (χ3v) is 4.68. The molecule has 23 heavy (non-hydrogen) atoms. The van der Waals surface area contributed by atoms with E-state index in [1.54, 1.807) is 0 Å². The molecule has 2 heteroatoms. The summed E-state index contributed by atoms with van der Waals surface area (Å²) in [6.45, 7) is 3.89. The molecule has 1 heterocycles. The number of nitrogens with zero attached hydrogens (tertiary/aromatic N) is 1. The van der Waals surface area contributed by atoms with E-state index in [1.165, 1.54) is 25.7 Å². The van der Waals surface area contributed by atoms with Crippen LogP contribution in [-0.4, -0.2) is 4.98 Å². The summed E-state index contributed by atoms with van der Waals surface area (Å²) in [6, 6.07) is 11.8. The minimum atomic E-state index is 0.516. The average molecular weight is 322 g/mol. The van der Waals surface area contributed by atoms with Gasteiger partial charge in [0.15, 0.2) is 0 Å². The van der Waals surface area contributed by atoms with E-state index in [-0.39, 0.29) is 0 Å². The highest BCUT2D eigenvalue weighted by Crippen LogP contribution is 2.28. The van der Waals surface area contributed by atoms with Crippen molar-refractivity contribution in [2.75, 3.05) is 0 Å². The van der Waals surface area contributed by atoms with Gasteiger partial charge in [0.1, 0.15) is 0 Å². The lowest BCUT2D eigenvalue weighted by atomic mass is 9.82. The van der Waals surface area contributed by atoms with Crippen LogP contribution in [0, 0.1) is 23.7 Å². The number of pyridine rings is 1. The molecule has 0 aliphatic heterocycles. The first-order valence-electron chi connectivity index (χ1n) is 8.10. The van der Waals surface area contributed by atoms with E-state index in [2.05, 4.69) is 29.5 Å². The van der Waals surface area contributed by atoms with Crippen LogP contribution in [0.3, 0.4) is 0 Å². The van der Waals surface area contributed by atoms with Gasteiger partial charge in [-0.2, -0.15) is 0 Å². The molecule has 1 nitrogen and oxygen atoms in total. The molecule has 0 N–H and O–H groups in total. The highest BCUT2D eigenvalue weighted by atomic mass is 35.5. The van der Waals surface area contributed by atoms with Crippen molar-refractivity contribution in [2.45, 2.75) is 25.7 Å². The molecule has 116 valence electrons. The Labute approximate surface area is 143 Å². The molecule has 1 fully saturated rings. The molecule has 0 bridgehead atoms. The van der Waals surface area contributed by atoms with Crippen LogP contribution in [0.1, 0.15) is 31.2 Å². The molecule has 1 aliphatic carbocycles. The maximum atomic E-state index is 5.91. The number of aromatic nitrogens is 1. The second-order valence-electron chi connectivity index (χ2n) is 6.06. The predicted octanol–water partition coefficient (Wildman–Crippen LogP) is 5.75. The maximum absolute atomic E-state index is 5.91. The van der Waals surface area contributed by atoms with Crippen LogP contribution < -0.4 is 0 Å². The molecule has 2 aromatic rings. The third-order valence-electron chi connectivity index (χ3n) is 4.43. The third kappa shape index (κ3) is 4.24. The first-order chi connectivity index (χ1) is 11.2. The van der Waals surface area contributed by atoms with Crippen LogP contribution in [0.5, 0.6) is 0 Å². The van der Waals surface area contributed by atoms with Gasteiger partial charge in [0, 0.05) is 28.3 Å². The minimum Gasteiger partial charge on any atom is -0.255 e. The summed E-state index contributed by atoms with van der Waals surface area (Å²) in [5.41, 5.74) is 2.99. The van der Waals surface area contributed by atoms with E-state index in [0.717, 1.165) is 21.8 Å². The van der Waals surface area contributed by atoms with Gasteiger partial charge >= 0.3 is 0 Å². The average Bonchev–Trinajstić information content (AvgIpc) is 2.61. The Morgan fingerprint density at radius 1 is 1.04 bits per heavy atom. The molecule has 1 saturated carbocycles. The summed E-state index contributed by atoms with van der Waals surface area (Å²) in [5, 5.41) is 0.738. The zero-order valence-corrected chi connectivity index (χ0v) is 13.9. The molecule has 0 radical (unpaired) electrons. The van der Waals surface area contributed by atoms with Gasteiger partial charge in [-0.3, -0.25) is 4.98 Å². The molecule has 1 aromatic heterocycles. The van der Waals surface area contributed by atoms with E-state index >= 15 is 0 Å². The lowest BCUT2D eigenvalue weighted by molar-refractivity contribution is 0.365. The van der Waals surface area contributed by atoms with E-state index in [9.17, 15) is 0 Å². The Hall–Kier alpha value is -2.04. The Bertz CT molecular complexity index is 711. The fraction of sp³-hybridized carbons (Fsp3) is 0.286. The number of benzene rings is 1. The van der Waals surface area contributed by atoms with Crippen molar-refractivity contribution in [3.8, 4) is 23.1 Å². The van der Waals surface area contributed by atoms with E-state index < -0.39 is 0 Å². The second-order valence-corrected chi connectivity index (χ2v) is 6.49. The van der Waals surface area contributed by atoms with E-state index in [4.69, 9.17) is 11.6 Å². The van der Waals surface area contributed by atoms with Gasteiger partial charge in [0.2, 0.25) is 0 Å². The zero-order chi connectivity index (χ0) is 16.1. The van der Waals surface area contributed by atoms with E-state index in [0.29, 0.717) is 11.8 Å².